The molecular weight excluding hydrogens is 206 g/mol. The third-order valence-corrected chi connectivity index (χ3v) is 2.69. The zero-order chi connectivity index (χ0) is 11.1. The quantitative estimate of drug-likeness (QED) is 0.765. The molecule has 0 amide bonds. The fraction of sp³-hybridized carbons (Fsp3) is 0.0833. The van der Waals surface area contributed by atoms with Crippen LogP contribution in [0.25, 0.3) is 17.0 Å². The largest absolute Gasteiger partial charge is 0.488 e. The van der Waals surface area contributed by atoms with Gasteiger partial charge in [-0.1, -0.05) is 6.07 Å². The van der Waals surface area contributed by atoms with Crippen LogP contribution in [0.1, 0.15) is 5.56 Å². The monoisotopic (exact) mass is 215 g/mol. The van der Waals surface area contributed by atoms with Gasteiger partial charge < -0.3 is 14.8 Å². The molecule has 16 heavy (non-hydrogen) atoms. The maximum Gasteiger partial charge on any atom is 0.335 e. The molecule has 0 saturated carbocycles. The van der Waals surface area contributed by atoms with Crippen molar-refractivity contribution in [2.45, 2.75) is 0 Å². The van der Waals surface area contributed by atoms with Crippen LogP contribution in [0.5, 0.6) is 5.75 Å². The molecule has 0 fully saturated rings. The Labute approximate surface area is 91.2 Å². The van der Waals surface area contributed by atoms with Crippen molar-refractivity contribution in [3.05, 3.63) is 35.5 Å². The molecule has 0 bridgehead atoms. The summed E-state index contributed by atoms with van der Waals surface area (Å²) in [5, 5.41) is 9.92. The molecule has 2 N–H and O–H groups in total. The summed E-state index contributed by atoms with van der Waals surface area (Å²) in [6, 6.07) is 5.66. The van der Waals surface area contributed by atoms with Crippen molar-refractivity contribution in [3.63, 3.8) is 0 Å². The van der Waals surface area contributed by atoms with Gasteiger partial charge >= 0.3 is 5.97 Å². The molecule has 2 heterocycles. The molecule has 1 aliphatic heterocycles. The van der Waals surface area contributed by atoms with Crippen molar-refractivity contribution in [3.8, 4) is 5.75 Å². The number of aromatic amines is 1. The Morgan fingerprint density at radius 2 is 2.31 bits per heavy atom. The van der Waals surface area contributed by atoms with Crippen LogP contribution in [-0.2, 0) is 4.79 Å². The van der Waals surface area contributed by atoms with Gasteiger partial charge in [-0.2, -0.15) is 0 Å². The second-order valence-corrected chi connectivity index (χ2v) is 3.69. The molecule has 1 aliphatic rings. The van der Waals surface area contributed by atoms with Crippen LogP contribution in [-0.4, -0.2) is 22.7 Å². The van der Waals surface area contributed by atoms with Crippen molar-refractivity contribution in [1.29, 1.82) is 0 Å². The molecule has 0 unspecified atom stereocenters. The van der Waals surface area contributed by atoms with Gasteiger partial charge in [0.15, 0.2) is 0 Å². The van der Waals surface area contributed by atoms with Crippen LogP contribution in [0.3, 0.4) is 0 Å². The van der Waals surface area contributed by atoms with Gasteiger partial charge in [-0.25, -0.2) is 4.79 Å². The van der Waals surface area contributed by atoms with Gasteiger partial charge in [0.1, 0.15) is 12.4 Å². The van der Waals surface area contributed by atoms with Gasteiger partial charge in [0.25, 0.3) is 0 Å². The van der Waals surface area contributed by atoms with Crippen LogP contribution in [0.2, 0.25) is 0 Å². The Balaban J connectivity index is 2.29. The zero-order valence-corrected chi connectivity index (χ0v) is 8.36. The number of nitrogens with one attached hydrogen (secondary N) is 1. The fourth-order valence-corrected chi connectivity index (χ4v) is 1.92. The van der Waals surface area contributed by atoms with Crippen LogP contribution >= 0.6 is 0 Å². The van der Waals surface area contributed by atoms with E-state index in [4.69, 9.17) is 9.84 Å². The van der Waals surface area contributed by atoms with E-state index in [1.807, 2.05) is 18.2 Å². The maximum absolute atomic E-state index is 10.9. The minimum absolute atomic E-state index is 0.100. The lowest BCUT2D eigenvalue weighted by Gasteiger charge is -2.04. The lowest BCUT2D eigenvalue weighted by Crippen LogP contribution is -2.08. The van der Waals surface area contributed by atoms with E-state index in [1.165, 1.54) is 0 Å². The van der Waals surface area contributed by atoms with E-state index >= 15 is 0 Å². The Morgan fingerprint density at radius 3 is 3.12 bits per heavy atom. The van der Waals surface area contributed by atoms with Gasteiger partial charge in [-0.3, -0.25) is 0 Å². The van der Waals surface area contributed by atoms with Gasteiger partial charge in [0.2, 0.25) is 0 Å². The minimum atomic E-state index is -0.942. The number of rotatable bonds is 1. The summed E-state index contributed by atoms with van der Waals surface area (Å²) in [5.74, 6) is -0.219. The lowest BCUT2D eigenvalue weighted by molar-refractivity contribution is -0.132. The number of ether oxygens (including phenoxy) is 1. The van der Waals surface area contributed by atoms with E-state index in [0.717, 1.165) is 22.2 Å². The highest BCUT2D eigenvalue weighted by Crippen LogP contribution is 2.32. The first-order valence-electron chi connectivity index (χ1n) is 4.92. The number of carbonyl (C=O) groups is 1. The van der Waals surface area contributed by atoms with Gasteiger partial charge in [0.05, 0.1) is 5.57 Å². The smallest absolute Gasteiger partial charge is 0.335 e. The molecule has 4 heteroatoms. The molecular formula is C12H9NO3. The molecule has 1 aromatic heterocycles. The molecule has 0 saturated heterocycles. The van der Waals surface area contributed by atoms with Crippen molar-refractivity contribution in [2.24, 2.45) is 0 Å². The van der Waals surface area contributed by atoms with E-state index in [2.05, 4.69) is 4.98 Å². The summed E-state index contributed by atoms with van der Waals surface area (Å²) in [7, 11) is 0. The number of hydrogen-bond acceptors (Lipinski definition) is 2. The summed E-state index contributed by atoms with van der Waals surface area (Å²) >= 11 is 0. The molecule has 0 aliphatic carbocycles. The summed E-state index contributed by atoms with van der Waals surface area (Å²) in [4.78, 5) is 14.0. The summed E-state index contributed by atoms with van der Waals surface area (Å²) in [5.41, 5.74) is 2.08. The van der Waals surface area contributed by atoms with Gasteiger partial charge in [0, 0.05) is 22.7 Å². The molecule has 3 rings (SSSR count). The van der Waals surface area contributed by atoms with Gasteiger partial charge in [-0.15, -0.1) is 0 Å². The normalized spacial score (nSPS) is 14.1. The van der Waals surface area contributed by atoms with E-state index in [0.29, 0.717) is 0 Å². The number of carboxylic acid groups (broad SMARTS) is 1. The van der Waals surface area contributed by atoms with Crippen LogP contribution in [0, 0.1) is 0 Å². The van der Waals surface area contributed by atoms with Crippen LogP contribution < -0.4 is 4.74 Å². The molecule has 80 valence electrons. The summed E-state index contributed by atoms with van der Waals surface area (Å²) in [6.07, 6.45) is 3.45. The van der Waals surface area contributed by atoms with E-state index in [-0.39, 0.29) is 12.2 Å². The highest BCUT2D eigenvalue weighted by atomic mass is 16.5. The average molecular weight is 215 g/mol. The lowest BCUT2D eigenvalue weighted by atomic mass is 10.1. The Kier molecular flexibility index (Phi) is 1.77. The van der Waals surface area contributed by atoms with Crippen molar-refractivity contribution in [1.82, 2.24) is 4.98 Å². The van der Waals surface area contributed by atoms with E-state index in [1.54, 1.807) is 12.3 Å². The number of aliphatic carboxylic acids is 1. The first-order chi connectivity index (χ1) is 7.75. The highest BCUT2D eigenvalue weighted by molar-refractivity contribution is 6.00. The summed E-state index contributed by atoms with van der Waals surface area (Å²) in [6.45, 7) is 0.100. The molecule has 4 nitrogen and oxygen atoms in total. The predicted molar refractivity (Wildman–Crippen MR) is 59.4 cm³/mol. The SMILES string of the molecule is O=C(O)C1=Cc2c[nH]c3cccc(c23)OC1. The van der Waals surface area contributed by atoms with E-state index < -0.39 is 5.97 Å². The Hall–Kier alpha value is -2.23. The fourth-order valence-electron chi connectivity index (χ4n) is 1.92. The third-order valence-electron chi connectivity index (χ3n) is 2.69. The zero-order valence-electron chi connectivity index (χ0n) is 8.36. The minimum Gasteiger partial charge on any atom is -0.488 e. The molecule has 0 radical (unpaired) electrons. The van der Waals surface area contributed by atoms with Gasteiger partial charge in [-0.05, 0) is 18.2 Å². The highest BCUT2D eigenvalue weighted by Gasteiger charge is 2.17. The van der Waals surface area contributed by atoms with Crippen molar-refractivity contribution < 1.29 is 14.6 Å². The van der Waals surface area contributed by atoms with Crippen LogP contribution in [0.15, 0.2) is 30.0 Å². The van der Waals surface area contributed by atoms with E-state index in [9.17, 15) is 4.79 Å². The number of H-pyrrole nitrogens is 1. The Bertz CT molecular complexity index is 610. The first-order valence-corrected chi connectivity index (χ1v) is 4.92. The molecule has 1 aromatic carbocycles. The molecule has 0 spiro atoms. The number of hydrogen-bond donors (Lipinski definition) is 2. The maximum atomic E-state index is 10.9. The predicted octanol–water partition coefficient (Wildman–Crippen LogP) is 2.03. The van der Waals surface area contributed by atoms with Crippen LogP contribution in [0.4, 0.5) is 0 Å². The molecule has 0 atom stereocenters. The second kappa shape index (κ2) is 3.13. The van der Waals surface area contributed by atoms with Crippen molar-refractivity contribution >= 4 is 22.9 Å². The standard InChI is InChI=1S/C12H9NO3/c14-12(15)8-4-7-5-13-9-2-1-3-10(11(7)9)16-6-8/h1-5,13H,6H2,(H,14,15). The number of aromatic nitrogens is 1. The van der Waals surface area contributed by atoms with Crippen molar-refractivity contribution in [2.75, 3.05) is 6.61 Å². The number of benzene rings is 1. The Morgan fingerprint density at radius 1 is 1.44 bits per heavy atom. The molecule has 2 aromatic rings. The number of carboxylic acids is 1. The first kappa shape index (κ1) is 9.03. The topological polar surface area (TPSA) is 62.3 Å². The third kappa shape index (κ3) is 1.20. The average Bonchev–Trinajstić information content (AvgIpc) is 2.56. The second-order valence-electron chi connectivity index (χ2n) is 3.69. The summed E-state index contributed by atoms with van der Waals surface area (Å²) < 4.78 is 5.48.